The molecule has 92 valence electrons. The molecule has 1 aromatic rings. The SMILES string of the molecule is NC(=O)c1ccc(CNCC(O)C(N)=O)cc1. The number of aliphatic hydroxyl groups excluding tert-OH is 1. The van der Waals surface area contributed by atoms with Gasteiger partial charge >= 0.3 is 0 Å². The Morgan fingerprint density at radius 1 is 1.24 bits per heavy atom. The molecule has 6 N–H and O–H groups in total. The van der Waals surface area contributed by atoms with Crippen molar-refractivity contribution in [2.75, 3.05) is 6.54 Å². The molecule has 0 radical (unpaired) electrons. The van der Waals surface area contributed by atoms with Crippen LogP contribution in [0.2, 0.25) is 0 Å². The summed E-state index contributed by atoms with van der Waals surface area (Å²) in [6.07, 6.45) is -1.19. The van der Waals surface area contributed by atoms with E-state index in [1.165, 1.54) is 0 Å². The fourth-order valence-electron chi connectivity index (χ4n) is 1.24. The summed E-state index contributed by atoms with van der Waals surface area (Å²) in [5.41, 5.74) is 11.3. The maximum Gasteiger partial charge on any atom is 0.248 e. The molecule has 0 spiro atoms. The van der Waals surface area contributed by atoms with Crippen LogP contribution in [0.5, 0.6) is 0 Å². The van der Waals surface area contributed by atoms with Gasteiger partial charge in [0, 0.05) is 18.7 Å². The first-order chi connectivity index (χ1) is 8.00. The monoisotopic (exact) mass is 237 g/mol. The standard InChI is InChI=1S/C11H15N3O3/c12-10(16)8-3-1-7(2-4-8)5-14-6-9(15)11(13)17/h1-4,9,14-15H,5-6H2,(H2,12,16)(H2,13,17). The maximum atomic E-state index is 10.8. The smallest absolute Gasteiger partial charge is 0.248 e. The van der Waals surface area contributed by atoms with Crippen LogP contribution in [-0.4, -0.2) is 29.6 Å². The average molecular weight is 237 g/mol. The number of aliphatic hydroxyl groups is 1. The highest BCUT2D eigenvalue weighted by molar-refractivity contribution is 5.92. The van der Waals surface area contributed by atoms with Crippen LogP contribution in [-0.2, 0) is 11.3 Å². The first-order valence-electron chi connectivity index (χ1n) is 5.07. The van der Waals surface area contributed by atoms with Crippen LogP contribution < -0.4 is 16.8 Å². The molecule has 17 heavy (non-hydrogen) atoms. The number of benzene rings is 1. The fraction of sp³-hybridized carbons (Fsp3) is 0.273. The van der Waals surface area contributed by atoms with Gasteiger partial charge in [-0.15, -0.1) is 0 Å². The average Bonchev–Trinajstić information content (AvgIpc) is 2.29. The molecule has 0 fully saturated rings. The Balaban J connectivity index is 2.42. The zero-order chi connectivity index (χ0) is 12.8. The lowest BCUT2D eigenvalue weighted by molar-refractivity contribution is -0.125. The number of hydrogen-bond acceptors (Lipinski definition) is 4. The van der Waals surface area contributed by atoms with Crippen LogP contribution in [0.4, 0.5) is 0 Å². The van der Waals surface area contributed by atoms with Gasteiger partial charge in [-0.05, 0) is 17.7 Å². The third-order valence-corrected chi connectivity index (χ3v) is 2.23. The molecule has 0 bridgehead atoms. The van der Waals surface area contributed by atoms with E-state index in [2.05, 4.69) is 5.32 Å². The van der Waals surface area contributed by atoms with E-state index < -0.39 is 17.9 Å². The molecule has 1 atom stereocenters. The van der Waals surface area contributed by atoms with Crippen molar-refractivity contribution >= 4 is 11.8 Å². The number of rotatable bonds is 6. The molecule has 1 rings (SSSR count). The van der Waals surface area contributed by atoms with Crippen LogP contribution in [0.15, 0.2) is 24.3 Å². The highest BCUT2D eigenvalue weighted by atomic mass is 16.3. The molecule has 1 aromatic carbocycles. The number of carbonyl (C=O) groups excluding carboxylic acids is 2. The Bertz CT molecular complexity index is 403. The number of nitrogens with two attached hydrogens (primary N) is 2. The van der Waals surface area contributed by atoms with Crippen molar-refractivity contribution in [3.8, 4) is 0 Å². The van der Waals surface area contributed by atoms with Crippen molar-refractivity contribution in [2.24, 2.45) is 11.5 Å². The van der Waals surface area contributed by atoms with Gasteiger partial charge in [0.25, 0.3) is 0 Å². The van der Waals surface area contributed by atoms with Gasteiger partial charge in [-0.2, -0.15) is 0 Å². The summed E-state index contributed by atoms with van der Waals surface area (Å²) in [6.45, 7) is 0.552. The van der Waals surface area contributed by atoms with Crippen LogP contribution in [0.3, 0.4) is 0 Å². The molecule has 2 amide bonds. The third-order valence-electron chi connectivity index (χ3n) is 2.23. The Morgan fingerprint density at radius 3 is 2.29 bits per heavy atom. The first kappa shape index (κ1) is 13.1. The van der Waals surface area contributed by atoms with Gasteiger partial charge in [0.1, 0.15) is 6.10 Å². The Hall–Kier alpha value is -1.92. The third kappa shape index (κ3) is 4.21. The van der Waals surface area contributed by atoms with Crippen molar-refractivity contribution in [1.82, 2.24) is 5.32 Å². The fourth-order valence-corrected chi connectivity index (χ4v) is 1.24. The summed E-state index contributed by atoms with van der Waals surface area (Å²) in [6, 6.07) is 6.71. The topological polar surface area (TPSA) is 118 Å². The van der Waals surface area contributed by atoms with Gasteiger partial charge in [-0.3, -0.25) is 9.59 Å². The van der Waals surface area contributed by atoms with E-state index in [0.717, 1.165) is 5.56 Å². The van der Waals surface area contributed by atoms with E-state index in [-0.39, 0.29) is 6.54 Å². The molecular formula is C11H15N3O3. The second-order valence-electron chi connectivity index (χ2n) is 3.61. The minimum absolute atomic E-state index is 0.0902. The van der Waals surface area contributed by atoms with Gasteiger partial charge in [0.15, 0.2) is 0 Å². The number of carbonyl (C=O) groups is 2. The minimum atomic E-state index is -1.19. The maximum absolute atomic E-state index is 10.8. The van der Waals surface area contributed by atoms with Crippen LogP contribution in [0.1, 0.15) is 15.9 Å². The molecule has 6 heteroatoms. The van der Waals surface area contributed by atoms with E-state index in [4.69, 9.17) is 16.6 Å². The van der Waals surface area contributed by atoms with Gasteiger partial charge < -0.3 is 21.9 Å². The molecule has 0 aliphatic heterocycles. The molecule has 0 aromatic heterocycles. The van der Waals surface area contributed by atoms with Crippen molar-refractivity contribution in [3.05, 3.63) is 35.4 Å². The summed E-state index contributed by atoms with van der Waals surface area (Å²) in [5, 5.41) is 12.0. The lowest BCUT2D eigenvalue weighted by atomic mass is 10.1. The molecule has 0 saturated carbocycles. The zero-order valence-corrected chi connectivity index (χ0v) is 9.22. The Morgan fingerprint density at radius 2 is 1.82 bits per heavy atom. The molecule has 1 unspecified atom stereocenters. The molecule has 0 aliphatic carbocycles. The highest BCUT2D eigenvalue weighted by Crippen LogP contribution is 2.03. The van der Waals surface area contributed by atoms with Crippen LogP contribution in [0.25, 0.3) is 0 Å². The second kappa shape index (κ2) is 5.97. The molecular weight excluding hydrogens is 222 g/mol. The zero-order valence-electron chi connectivity index (χ0n) is 9.22. The van der Waals surface area contributed by atoms with E-state index in [1.807, 2.05) is 0 Å². The van der Waals surface area contributed by atoms with E-state index in [9.17, 15) is 9.59 Å². The Kier molecular flexibility index (Phi) is 4.62. The van der Waals surface area contributed by atoms with Gasteiger partial charge in [-0.1, -0.05) is 12.1 Å². The van der Waals surface area contributed by atoms with Crippen molar-refractivity contribution < 1.29 is 14.7 Å². The predicted octanol–water partition coefficient (Wildman–Crippen LogP) is -1.28. The molecule has 0 saturated heterocycles. The van der Waals surface area contributed by atoms with E-state index in [1.54, 1.807) is 24.3 Å². The lowest BCUT2D eigenvalue weighted by Gasteiger charge is -2.08. The Labute approximate surface area is 98.6 Å². The lowest BCUT2D eigenvalue weighted by Crippen LogP contribution is -2.37. The minimum Gasteiger partial charge on any atom is -0.382 e. The quantitative estimate of drug-likeness (QED) is 0.492. The van der Waals surface area contributed by atoms with E-state index >= 15 is 0 Å². The van der Waals surface area contributed by atoms with E-state index in [0.29, 0.717) is 12.1 Å². The van der Waals surface area contributed by atoms with Crippen LogP contribution >= 0.6 is 0 Å². The number of nitrogens with one attached hydrogen (secondary N) is 1. The summed E-state index contributed by atoms with van der Waals surface area (Å²) < 4.78 is 0. The van der Waals surface area contributed by atoms with Crippen molar-refractivity contribution in [2.45, 2.75) is 12.6 Å². The van der Waals surface area contributed by atoms with Gasteiger partial charge in [0.2, 0.25) is 11.8 Å². The normalized spacial score (nSPS) is 12.1. The van der Waals surface area contributed by atoms with Crippen molar-refractivity contribution in [3.63, 3.8) is 0 Å². The predicted molar refractivity (Wildman–Crippen MR) is 61.9 cm³/mol. The molecule has 0 aliphatic rings. The largest absolute Gasteiger partial charge is 0.382 e. The molecule has 6 nitrogen and oxygen atoms in total. The van der Waals surface area contributed by atoms with Gasteiger partial charge in [-0.25, -0.2) is 0 Å². The summed E-state index contributed by atoms with van der Waals surface area (Å²) in [7, 11) is 0. The summed E-state index contributed by atoms with van der Waals surface area (Å²) in [4.78, 5) is 21.4. The highest BCUT2D eigenvalue weighted by Gasteiger charge is 2.09. The first-order valence-corrected chi connectivity index (χ1v) is 5.07. The number of amides is 2. The van der Waals surface area contributed by atoms with Crippen LogP contribution in [0, 0.1) is 0 Å². The van der Waals surface area contributed by atoms with Crippen molar-refractivity contribution in [1.29, 1.82) is 0 Å². The van der Waals surface area contributed by atoms with Gasteiger partial charge in [0.05, 0.1) is 0 Å². The summed E-state index contributed by atoms with van der Waals surface area (Å²) >= 11 is 0. The second-order valence-corrected chi connectivity index (χ2v) is 3.61. The number of primary amides is 2. The molecule has 0 heterocycles. The number of hydrogen-bond donors (Lipinski definition) is 4. The summed E-state index contributed by atoms with van der Waals surface area (Å²) in [5.74, 6) is -1.24.